The highest BCUT2D eigenvalue weighted by molar-refractivity contribution is 4.87. The number of ether oxygens (including phenoxy) is 2. The van der Waals surface area contributed by atoms with Gasteiger partial charge in [-0.15, -0.1) is 0 Å². The van der Waals surface area contributed by atoms with Crippen molar-refractivity contribution in [2.24, 2.45) is 0 Å². The Kier molecular flexibility index (Phi) is 5.10. The maximum Gasteiger partial charge on any atom is 0.0651 e. The fraction of sp³-hybridized carbons (Fsp3) is 0.714. The maximum atomic E-state index is 5.77. The van der Waals surface area contributed by atoms with Crippen molar-refractivity contribution in [1.29, 1.82) is 0 Å². The van der Waals surface area contributed by atoms with Crippen LogP contribution < -0.4 is 0 Å². The number of hydrogen-bond donors (Lipinski definition) is 0. The Labute approximate surface area is 98.3 Å². The van der Waals surface area contributed by atoms with Crippen LogP contribution in [0.4, 0.5) is 0 Å². The summed E-state index contributed by atoms with van der Waals surface area (Å²) in [6.45, 7) is 1.58. The van der Waals surface area contributed by atoms with Gasteiger partial charge in [-0.25, -0.2) is 0 Å². The first-order valence-corrected chi connectivity index (χ1v) is 6.48. The van der Waals surface area contributed by atoms with Gasteiger partial charge < -0.3 is 9.47 Å². The number of allylic oxidation sites excluding steroid dienone is 2. The predicted octanol–water partition coefficient (Wildman–Crippen LogP) is 3.24. The van der Waals surface area contributed by atoms with Crippen LogP contribution in [0, 0.1) is 0 Å². The quantitative estimate of drug-likeness (QED) is 0.682. The second kappa shape index (κ2) is 6.87. The van der Waals surface area contributed by atoms with Crippen molar-refractivity contribution in [3.8, 4) is 0 Å². The van der Waals surface area contributed by atoms with E-state index in [0.717, 1.165) is 38.9 Å². The minimum absolute atomic E-state index is 0.440. The van der Waals surface area contributed by atoms with E-state index in [9.17, 15) is 0 Å². The monoisotopic (exact) mass is 222 g/mol. The molecule has 2 heterocycles. The summed E-state index contributed by atoms with van der Waals surface area (Å²) in [5.41, 5.74) is 0. The van der Waals surface area contributed by atoms with Gasteiger partial charge in [0.05, 0.1) is 25.4 Å². The summed E-state index contributed by atoms with van der Waals surface area (Å²) < 4.78 is 11.5. The topological polar surface area (TPSA) is 18.5 Å². The van der Waals surface area contributed by atoms with Crippen LogP contribution in [0.25, 0.3) is 0 Å². The van der Waals surface area contributed by atoms with Crippen molar-refractivity contribution in [3.05, 3.63) is 24.3 Å². The van der Waals surface area contributed by atoms with Gasteiger partial charge in [-0.3, -0.25) is 0 Å². The maximum absolute atomic E-state index is 5.77. The average molecular weight is 222 g/mol. The zero-order valence-corrected chi connectivity index (χ0v) is 9.94. The summed E-state index contributed by atoms with van der Waals surface area (Å²) in [5, 5.41) is 0. The second-order valence-electron chi connectivity index (χ2n) is 4.59. The lowest BCUT2D eigenvalue weighted by atomic mass is 10.0. The van der Waals surface area contributed by atoms with Gasteiger partial charge in [0.25, 0.3) is 0 Å². The SMILES string of the molecule is C1=CCO[C@H](CC[C@@H]2CCC=CCO2)CC1. The Morgan fingerprint density at radius 2 is 1.25 bits per heavy atom. The summed E-state index contributed by atoms with van der Waals surface area (Å²) in [4.78, 5) is 0. The highest BCUT2D eigenvalue weighted by atomic mass is 16.5. The molecule has 2 aliphatic heterocycles. The molecule has 0 amide bonds. The molecule has 90 valence electrons. The van der Waals surface area contributed by atoms with Crippen molar-refractivity contribution in [2.45, 2.75) is 50.7 Å². The van der Waals surface area contributed by atoms with Gasteiger partial charge in [-0.05, 0) is 38.5 Å². The fourth-order valence-corrected chi connectivity index (χ4v) is 2.31. The molecule has 0 saturated heterocycles. The highest BCUT2D eigenvalue weighted by Crippen LogP contribution is 2.19. The third-order valence-electron chi connectivity index (χ3n) is 3.31. The third-order valence-corrected chi connectivity index (χ3v) is 3.31. The van der Waals surface area contributed by atoms with E-state index in [1.165, 1.54) is 12.8 Å². The molecule has 16 heavy (non-hydrogen) atoms. The van der Waals surface area contributed by atoms with Crippen LogP contribution in [0.3, 0.4) is 0 Å². The molecule has 0 unspecified atom stereocenters. The summed E-state index contributed by atoms with van der Waals surface area (Å²) >= 11 is 0. The van der Waals surface area contributed by atoms with E-state index in [2.05, 4.69) is 24.3 Å². The Hall–Kier alpha value is -0.600. The molecular weight excluding hydrogens is 200 g/mol. The first kappa shape index (κ1) is 11.9. The van der Waals surface area contributed by atoms with Gasteiger partial charge >= 0.3 is 0 Å². The van der Waals surface area contributed by atoms with Crippen molar-refractivity contribution in [3.63, 3.8) is 0 Å². The van der Waals surface area contributed by atoms with Crippen LogP contribution in [-0.4, -0.2) is 25.4 Å². The predicted molar refractivity (Wildman–Crippen MR) is 65.5 cm³/mol. The molecular formula is C14H22O2. The molecule has 0 N–H and O–H groups in total. The smallest absolute Gasteiger partial charge is 0.0651 e. The van der Waals surface area contributed by atoms with E-state index in [0.29, 0.717) is 12.2 Å². The molecule has 0 spiro atoms. The minimum Gasteiger partial charge on any atom is -0.374 e. The first-order valence-electron chi connectivity index (χ1n) is 6.48. The molecule has 0 bridgehead atoms. The Balaban J connectivity index is 1.66. The van der Waals surface area contributed by atoms with Crippen LogP contribution in [0.15, 0.2) is 24.3 Å². The molecule has 0 aliphatic carbocycles. The molecule has 0 saturated carbocycles. The molecule has 2 aliphatic rings. The molecule has 2 nitrogen and oxygen atoms in total. The molecule has 2 rings (SSSR count). The highest BCUT2D eigenvalue weighted by Gasteiger charge is 2.15. The normalized spacial score (nSPS) is 31.0. The van der Waals surface area contributed by atoms with E-state index in [4.69, 9.17) is 9.47 Å². The van der Waals surface area contributed by atoms with Crippen molar-refractivity contribution in [1.82, 2.24) is 0 Å². The van der Waals surface area contributed by atoms with Gasteiger partial charge in [-0.1, -0.05) is 24.3 Å². The van der Waals surface area contributed by atoms with E-state index < -0.39 is 0 Å². The minimum atomic E-state index is 0.440. The van der Waals surface area contributed by atoms with Crippen molar-refractivity contribution < 1.29 is 9.47 Å². The average Bonchev–Trinajstić information content (AvgIpc) is 2.71. The molecule has 0 radical (unpaired) electrons. The molecule has 2 heteroatoms. The molecule has 0 fully saturated rings. The van der Waals surface area contributed by atoms with Gasteiger partial charge in [0.15, 0.2) is 0 Å². The summed E-state index contributed by atoms with van der Waals surface area (Å²) in [6.07, 6.45) is 16.6. The van der Waals surface area contributed by atoms with Crippen LogP contribution in [-0.2, 0) is 9.47 Å². The second-order valence-corrected chi connectivity index (χ2v) is 4.59. The van der Waals surface area contributed by atoms with Gasteiger partial charge in [0.1, 0.15) is 0 Å². The Morgan fingerprint density at radius 1 is 0.750 bits per heavy atom. The van der Waals surface area contributed by atoms with Gasteiger partial charge in [-0.2, -0.15) is 0 Å². The lowest BCUT2D eigenvalue weighted by Gasteiger charge is -2.19. The Bertz CT molecular complexity index is 199. The lowest BCUT2D eigenvalue weighted by Crippen LogP contribution is -2.18. The zero-order chi connectivity index (χ0) is 11.1. The van der Waals surface area contributed by atoms with E-state index in [-0.39, 0.29) is 0 Å². The molecule has 0 aromatic heterocycles. The van der Waals surface area contributed by atoms with E-state index >= 15 is 0 Å². The van der Waals surface area contributed by atoms with Gasteiger partial charge in [0, 0.05) is 0 Å². The van der Waals surface area contributed by atoms with Crippen molar-refractivity contribution in [2.75, 3.05) is 13.2 Å². The summed E-state index contributed by atoms with van der Waals surface area (Å²) in [7, 11) is 0. The van der Waals surface area contributed by atoms with Crippen LogP contribution in [0.2, 0.25) is 0 Å². The lowest BCUT2D eigenvalue weighted by molar-refractivity contribution is 0.0276. The molecule has 2 atom stereocenters. The number of rotatable bonds is 3. The molecule has 0 aromatic rings. The van der Waals surface area contributed by atoms with Crippen LogP contribution >= 0.6 is 0 Å². The van der Waals surface area contributed by atoms with E-state index in [1.54, 1.807) is 0 Å². The Morgan fingerprint density at radius 3 is 1.75 bits per heavy atom. The third kappa shape index (κ3) is 4.11. The summed E-state index contributed by atoms with van der Waals surface area (Å²) in [6, 6.07) is 0. The van der Waals surface area contributed by atoms with Gasteiger partial charge in [0.2, 0.25) is 0 Å². The van der Waals surface area contributed by atoms with E-state index in [1.807, 2.05) is 0 Å². The number of hydrogen-bond acceptors (Lipinski definition) is 2. The first-order chi connectivity index (χ1) is 7.95. The summed E-state index contributed by atoms with van der Waals surface area (Å²) in [5.74, 6) is 0. The standard InChI is InChI=1S/C14H22O2/c1-3-7-13(15-11-5-1)9-10-14-8-4-2-6-12-16-14/h1-2,5-6,13-14H,3-4,7-12H2/t13-,14-/m0/s1. The van der Waals surface area contributed by atoms with Crippen LogP contribution in [0.5, 0.6) is 0 Å². The fourth-order valence-electron chi connectivity index (χ4n) is 2.31. The van der Waals surface area contributed by atoms with Crippen molar-refractivity contribution >= 4 is 0 Å². The molecule has 0 aromatic carbocycles. The van der Waals surface area contributed by atoms with Crippen LogP contribution in [0.1, 0.15) is 38.5 Å². The zero-order valence-electron chi connectivity index (χ0n) is 9.94. The largest absolute Gasteiger partial charge is 0.374 e.